The summed E-state index contributed by atoms with van der Waals surface area (Å²) in [6, 6.07) is 0. The fourth-order valence-corrected chi connectivity index (χ4v) is 4.86. The Morgan fingerprint density at radius 3 is 2.44 bits per heavy atom. The zero-order valence-electron chi connectivity index (χ0n) is 11.7. The Hall–Kier alpha value is -0.330. The smallest absolute Gasteiger partial charge is 0.133 e. The van der Waals surface area contributed by atoms with Crippen molar-refractivity contribution < 1.29 is 4.79 Å². The summed E-state index contributed by atoms with van der Waals surface area (Å²) in [6.07, 6.45) is 15.7. The lowest BCUT2D eigenvalue weighted by atomic mass is 9.82. The van der Waals surface area contributed by atoms with Gasteiger partial charge in [-0.3, -0.25) is 4.79 Å². The van der Waals surface area contributed by atoms with E-state index in [2.05, 4.69) is 0 Å². The summed E-state index contributed by atoms with van der Waals surface area (Å²) in [5, 5.41) is 0. The highest BCUT2D eigenvalue weighted by Gasteiger charge is 2.39. The molecule has 0 saturated heterocycles. The summed E-state index contributed by atoms with van der Waals surface area (Å²) in [4.78, 5) is 12.1. The van der Waals surface area contributed by atoms with E-state index in [1.807, 2.05) is 0 Å². The Kier molecular flexibility index (Phi) is 4.06. The normalized spacial score (nSPS) is 36.1. The molecule has 3 saturated carbocycles. The molecule has 2 bridgehead atoms. The van der Waals surface area contributed by atoms with Gasteiger partial charge in [0, 0.05) is 12.8 Å². The van der Waals surface area contributed by atoms with Crippen LogP contribution in [0.5, 0.6) is 0 Å². The van der Waals surface area contributed by atoms with Crippen LogP contribution in [0.15, 0.2) is 0 Å². The van der Waals surface area contributed by atoms with Gasteiger partial charge in [0.2, 0.25) is 0 Å². The second kappa shape index (κ2) is 5.75. The SMILES string of the molecule is O=C(CCC1CCCCC1)CC1CC2CCC1C2. The van der Waals surface area contributed by atoms with Crippen LogP contribution >= 0.6 is 0 Å². The molecule has 0 aromatic rings. The number of Topliss-reactive ketones (excluding diaryl/α,β-unsaturated/α-hetero) is 1. The van der Waals surface area contributed by atoms with Gasteiger partial charge in [-0.05, 0) is 49.4 Å². The zero-order valence-corrected chi connectivity index (χ0v) is 11.7. The van der Waals surface area contributed by atoms with Gasteiger partial charge in [0.25, 0.3) is 0 Å². The van der Waals surface area contributed by atoms with E-state index < -0.39 is 0 Å². The van der Waals surface area contributed by atoms with Gasteiger partial charge in [-0.15, -0.1) is 0 Å². The first kappa shape index (κ1) is 12.7. The van der Waals surface area contributed by atoms with Gasteiger partial charge in [-0.2, -0.15) is 0 Å². The van der Waals surface area contributed by atoms with E-state index in [1.165, 1.54) is 64.2 Å². The predicted octanol–water partition coefficient (Wildman–Crippen LogP) is 4.74. The summed E-state index contributed by atoms with van der Waals surface area (Å²) in [5.74, 6) is 4.16. The first-order chi connectivity index (χ1) is 8.81. The Bertz CT molecular complexity index is 290. The van der Waals surface area contributed by atoms with Crippen LogP contribution in [0.3, 0.4) is 0 Å². The minimum Gasteiger partial charge on any atom is -0.300 e. The van der Waals surface area contributed by atoms with Gasteiger partial charge in [0.15, 0.2) is 0 Å². The van der Waals surface area contributed by atoms with E-state index in [4.69, 9.17) is 0 Å². The third kappa shape index (κ3) is 2.97. The van der Waals surface area contributed by atoms with Crippen molar-refractivity contribution in [2.45, 2.75) is 77.0 Å². The standard InChI is InChI=1S/C17H28O/c18-17(9-7-13-4-2-1-3-5-13)12-16-11-14-6-8-15(16)10-14/h13-16H,1-12H2. The van der Waals surface area contributed by atoms with Crippen LogP contribution in [0, 0.1) is 23.7 Å². The molecule has 3 atom stereocenters. The Morgan fingerprint density at radius 2 is 1.78 bits per heavy atom. The van der Waals surface area contributed by atoms with Crippen LogP contribution in [0.1, 0.15) is 77.0 Å². The number of carbonyl (C=O) groups excluding carboxylic acids is 1. The number of hydrogen-bond acceptors (Lipinski definition) is 1. The minimum atomic E-state index is 0.582. The van der Waals surface area contributed by atoms with Gasteiger partial charge in [0.1, 0.15) is 5.78 Å². The average molecular weight is 248 g/mol. The lowest BCUT2D eigenvalue weighted by Crippen LogP contribution is -2.16. The molecule has 0 amide bonds. The van der Waals surface area contributed by atoms with Crippen LogP contribution in [0.4, 0.5) is 0 Å². The molecule has 1 nitrogen and oxygen atoms in total. The molecule has 3 rings (SSSR count). The molecule has 3 unspecified atom stereocenters. The van der Waals surface area contributed by atoms with E-state index in [-0.39, 0.29) is 0 Å². The van der Waals surface area contributed by atoms with Crippen molar-refractivity contribution in [3.63, 3.8) is 0 Å². The van der Waals surface area contributed by atoms with E-state index >= 15 is 0 Å². The van der Waals surface area contributed by atoms with Crippen LogP contribution in [0.2, 0.25) is 0 Å². The number of hydrogen-bond donors (Lipinski definition) is 0. The number of carbonyl (C=O) groups is 1. The highest BCUT2D eigenvalue weighted by Crippen LogP contribution is 2.49. The summed E-state index contributed by atoms with van der Waals surface area (Å²) in [5.41, 5.74) is 0. The molecule has 0 radical (unpaired) electrons. The van der Waals surface area contributed by atoms with Gasteiger partial charge < -0.3 is 0 Å². The monoisotopic (exact) mass is 248 g/mol. The summed E-state index contributed by atoms with van der Waals surface area (Å²) >= 11 is 0. The summed E-state index contributed by atoms with van der Waals surface area (Å²) in [7, 11) is 0. The van der Waals surface area contributed by atoms with Crippen molar-refractivity contribution >= 4 is 5.78 Å². The predicted molar refractivity (Wildman–Crippen MR) is 74.4 cm³/mol. The molecule has 18 heavy (non-hydrogen) atoms. The molecule has 102 valence electrons. The number of ketones is 1. The van der Waals surface area contributed by atoms with Crippen molar-refractivity contribution in [1.29, 1.82) is 0 Å². The van der Waals surface area contributed by atoms with Gasteiger partial charge in [-0.25, -0.2) is 0 Å². The lowest BCUT2D eigenvalue weighted by molar-refractivity contribution is -0.120. The zero-order chi connectivity index (χ0) is 12.4. The highest BCUT2D eigenvalue weighted by atomic mass is 16.1. The molecule has 3 fully saturated rings. The van der Waals surface area contributed by atoms with Crippen molar-refractivity contribution in [2.24, 2.45) is 23.7 Å². The Morgan fingerprint density at radius 1 is 0.944 bits per heavy atom. The first-order valence-electron chi connectivity index (χ1n) is 8.33. The molecule has 3 aliphatic carbocycles. The maximum absolute atomic E-state index is 12.1. The van der Waals surface area contributed by atoms with E-state index in [1.54, 1.807) is 0 Å². The Balaban J connectivity index is 1.36. The largest absolute Gasteiger partial charge is 0.300 e. The molecule has 0 aromatic carbocycles. The fraction of sp³-hybridized carbons (Fsp3) is 0.941. The molecule has 1 heteroatoms. The molecular formula is C17H28O. The number of fused-ring (bicyclic) bond motifs is 2. The second-order valence-corrected chi connectivity index (χ2v) is 7.22. The van der Waals surface area contributed by atoms with Gasteiger partial charge in [-0.1, -0.05) is 38.5 Å². The van der Waals surface area contributed by atoms with Crippen LogP contribution in [-0.4, -0.2) is 5.78 Å². The fourth-order valence-electron chi connectivity index (χ4n) is 4.86. The molecule has 0 N–H and O–H groups in total. The van der Waals surface area contributed by atoms with Crippen LogP contribution in [-0.2, 0) is 4.79 Å². The highest BCUT2D eigenvalue weighted by molar-refractivity contribution is 5.78. The maximum Gasteiger partial charge on any atom is 0.133 e. The van der Waals surface area contributed by atoms with E-state index in [0.29, 0.717) is 5.78 Å². The molecular weight excluding hydrogens is 220 g/mol. The van der Waals surface area contributed by atoms with Gasteiger partial charge >= 0.3 is 0 Å². The molecule has 0 aromatic heterocycles. The van der Waals surface area contributed by atoms with Crippen LogP contribution in [0.25, 0.3) is 0 Å². The van der Waals surface area contributed by atoms with Crippen molar-refractivity contribution in [2.75, 3.05) is 0 Å². The number of rotatable bonds is 5. The van der Waals surface area contributed by atoms with Crippen molar-refractivity contribution in [1.82, 2.24) is 0 Å². The first-order valence-corrected chi connectivity index (χ1v) is 8.33. The van der Waals surface area contributed by atoms with E-state index in [0.717, 1.165) is 36.5 Å². The average Bonchev–Trinajstić information content (AvgIpc) is 3.00. The molecule has 0 spiro atoms. The Labute approximate surface area is 112 Å². The third-order valence-electron chi connectivity index (χ3n) is 5.93. The quantitative estimate of drug-likeness (QED) is 0.686. The van der Waals surface area contributed by atoms with Crippen molar-refractivity contribution in [3.8, 4) is 0 Å². The second-order valence-electron chi connectivity index (χ2n) is 7.22. The van der Waals surface area contributed by atoms with Gasteiger partial charge in [0.05, 0.1) is 0 Å². The molecule has 0 heterocycles. The molecule has 3 aliphatic rings. The molecule has 0 aliphatic heterocycles. The van der Waals surface area contributed by atoms with Crippen LogP contribution < -0.4 is 0 Å². The summed E-state index contributed by atoms with van der Waals surface area (Å²) < 4.78 is 0. The minimum absolute atomic E-state index is 0.582. The van der Waals surface area contributed by atoms with Crippen molar-refractivity contribution in [3.05, 3.63) is 0 Å². The van der Waals surface area contributed by atoms with E-state index in [9.17, 15) is 4.79 Å². The lowest BCUT2D eigenvalue weighted by Gasteiger charge is -2.23. The third-order valence-corrected chi connectivity index (χ3v) is 5.93. The topological polar surface area (TPSA) is 17.1 Å². The summed E-state index contributed by atoms with van der Waals surface area (Å²) in [6.45, 7) is 0. The maximum atomic E-state index is 12.1.